The third-order valence-electron chi connectivity index (χ3n) is 6.14. The lowest BCUT2D eigenvalue weighted by Crippen LogP contribution is -2.44. The van der Waals surface area contributed by atoms with Crippen LogP contribution in [0.15, 0.2) is 54.7 Å². The van der Waals surface area contributed by atoms with Gasteiger partial charge in [0.25, 0.3) is 5.35 Å². The number of rotatable bonds is 7. The van der Waals surface area contributed by atoms with E-state index in [1.807, 2.05) is 61.5 Å². The second-order valence-electron chi connectivity index (χ2n) is 10.0. The first-order valence-electron chi connectivity index (χ1n) is 11.8. The largest absolute Gasteiger partial charge is 0.460 e. The number of fused-ring (bicyclic) bond motifs is 1. The van der Waals surface area contributed by atoms with Crippen LogP contribution in [0.4, 0.5) is 5.82 Å². The summed E-state index contributed by atoms with van der Waals surface area (Å²) in [6.07, 6.45) is 6.67. The van der Waals surface area contributed by atoms with Gasteiger partial charge >= 0.3 is 5.97 Å². The summed E-state index contributed by atoms with van der Waals surface area (Å²) in [5, 5.41) is 9.35. The van der Waals surface area contributed by atoms with E-state index in [0.29, 0.717) is 18.8 Å². The molecule has 1 aromatic carbocycles. The molecule has 0 unspecified atom stereocenters. The normalized spacial score (nSPS) is 15.9. The molecule has 5 rings (SSSR count). The summed E-state index contributed by atoms with van der Waals surface area (Å²) in [6, 6.07) is 16.2. The number of ether oxygens (including phenoxy) is 1. The molecule has 2 aromatic heterocycles. The number of hydrogen-bond acceptors (Lipinski definition) is 6. The summed E-state index contributed by atoms with van der Waals surface area (Å²) in [5.74, 6) is 1.25. The van der Waals surface area contributed by atoms with E-state index in [1.165, 1.54) is 5.57 Å². The number of carbonyl (C=O) groups is 1. The number of anilines is 1. The molecule has 3 heterocycles. The van der Waals surface area contributed by atoms with E-state index in [0.717, 1.165) is 41.7 Å². The number of hydrogen-bond donors (Lipinski definition) is 1. The van der Waals surface area contributed by atoms with Crippen LogP contribution < -0.4 is 15.0 Å². The SMILES string of the molecule is CC(C)(C)OC(=O)CC1(c2nc(NCc3ccccn3)c3[n+](n2)=CCC=3c2ccccc2)CC1. The molecule has 34 heavy (non-hydrogen) atoms. The van der Waals surface area contributed by atoms with Crippen LogP contribution in [0.25, 0.3) is 5.57 Å². The minimum Gasteiger partial charge on any atom is -0.460 e. The molecule has 1 saturated carbocycles. The number of carbonyl (C=O) groups excluding carboxylic acids is 1. The molecule has 0 spiro atoms. The lowest BCUT2D eigenvalue weighted by atomic mass is 10.0. The molecule has 1 aliphatic carbocycles. The van der Waals surface area contributed by atoms with Gasteiger partial charge in [-0.25, -0.2) is 4.98 Å². The molecule has 3 aromatic rings. The predicted molar refractivity (Wildman–Crippen MR) is 128 cm³/mol. The highest BCUT2D eigenvalue weighted by Crippen LogP contribution is 2.49. The fourth-order valence-electron chi connectivity index (χ4n) is 4.33. The number of aromatic nitrogens is 4. The van der Waals surface area contributed by atoms with Crippen molar-refractivity contribution in [1.29, 1.82) is 0 Å². The summed E-state index contributed by atoms with van der Waals surface area (Å²) in [4.78, 5) is 22.1. The number of pyridine rings is 1. The molecular weight excluding hydrogens is 426 g/mol. The van der Waals surface area contributed by atoms with Gasteiger partial charge in [0.05, 0.1) is 25.1 Å². The van der Waals surface area contributed by atoms with Gasteiger partial charge in [-0.1, -0.05) is 40.8 Å². The van der Waals surface area contributed by atoms with Gasteiger partial charge in [-0.15, -0.1) is 0 Å². The van der Waals surface area contributed by atoms with Gasteiger partial charge in [-0.2, -0.15) is 0 Å². The Morgan fingerprint density at radius 1 is 1.12 bits per heavy atom. The van der Waals surface area contributed by atoms with Crippen molar-refractivity contribution in [1.82, 2.24) is 15.1 Å². The summed E-state index contributed by atoms with van der Waals surface area (Å²) >= 11 is 0. The fourth-order valence-corrected chi connectivity index (χ4v) is 4.33. The van der Waals surface area contributed by atoms with E-state index in [9.17, 15) is 4.79 Å². The second kappa shape index (κ2) is 8.63. The molecule has 1 N–H and O–H groups in total. The number of esters is 1. The van der Waals surface area contributed by atoms with Crippen molar-refractivity contribution in [2.45, 2.75) is 64.0 Å². The van der Waals surface area contributed by atoms with Crippen molar-refractivity contribution in [3.63, 3.8) is 0 Å². The Labute approximate surface area is 199 Å². The summed E-state index contributed by atoms with van der Waals surface area (Å²) in [5.41, 5.74) is 2.38. The molecule has 0 amide bonds. The van der Waals surface area contributed by atoms with Crippen LogP contribution in [-0.2, 0) is 21.5 Å². The molecule has 7 heteroatoms. The van der Waals surface area contributed by atoms with Gasteiger partial charge in [-0.05, 0) is 51.3 Å². The molecule has 1 fully saturated rings. The van der Waals surface area contributed by atoms with Crippen LogP contribution in [-0.4, -0.2) is 26.6 Å². The predicted octanol–water partition coefficient (Wildman–Crippen LogP) is 3.15. The second-order valence-corrected chi connectivity index (χ2v) is 10.0. The van der Waals surface area contributed by atoms with Gasteiger partial charge in [0, 0.05) is 22.3 Å². The van der Waals surface area contributed by atoms with Gasteiger partial charge in [0.1, 0.15) is 5.60 Å². The minimum atomic E-state index is -0.510. The number of benzene rings is 1. The molecule has 7 nitrogen and oxygen atoms in total. The van der Waals surface area contributed by atoms with Crippen LogP contribution in [0.5, 0.6) is 0 Å². The maximum absolute atomic E-state index is 12.6. The lowest BCUT2D eigenvalue weighted by molar-refractivity contribution is -0.590. The van der Waals surface area contributed by atoms with E-state index < -0.39 is 5.60 Å². The van der Waals surface area contributed by atoms with Crippen LogP contribution >= 0.6 is 0 Å². The standard InChI is InChI=1S/C27H30N5O2/c1-26(2,3)34-22(33)17-27(13-14-27)25-30-24(29-18-20-11-7-8-15-28-20)23-21(12-16-32(23)31-25)19-9-5-4-6-10-19/h4-11,15-16H,12-14,17-18H2,1-3H3,(H,29,30,31)/q+1. The third kappa shape index (κ3) is 4.69. The average molecular weight is 457 g/mol. The van der Waals surface area contributed by atoms with E-state index in [1.54, 1.807) is 6.20 Å². The molecular formula is C27H30N5O2+. The fraction of sp³-hybridized carbons (Fsp3) is 0.370. The Bertz CT molecular complexity index is 1330. The number of nitrogens with one attached hydrogen (secondary N) is 1. The van der Waals surface area contributed by atoms with Crippen molar-refractivity contribution in [2.24, 2.45) is 0 Å². The Hall–Kier alpha value is -3.61. The van der Waals surface area contributed by atoms with Crippen LogP contribution in [0.2, 0.25) is 0 Å². The lowest BCUT2D eigenvalue weighted by Gasteiger charge is -2.21. The molecule has 2 aliphatic rings. The molecule has 0 saturated heterocycles. The zero-order chi connectivity index (χ0) is 23.8. The van der Waals surface area contributed by atoms with Crippen molar-refractivity contribution < 1.29 is 13.9 Å². The molecule has 0 bridgehead atoms. The first-order chi connectivity index (χ1) is 16.3. The quantitative estimate of drug-likeness (QED) is 0.434. The first-order valence-corrected chi connectivity index (χ1v) is 11.8. The monoisotopic (exact) mass is 456 g/mol. The van der Waals surface area contributed by atoms with Crippen molar-refractivity contribution in [2.75, 3.05) is 5.32 Å². The number of nitrogens with zero attached hydrogens (tertiary/aromatic N) is 4. The van der Waals surface area contributed by atoms with E-state index in [4.69, 9.17) is 14.8 Å². The zero-order valence-corrected chi connectivity index (χ0v) is 19.9. The van der Waals surface area contributed by atoms with Gasteiger partial charge in [0.15, 0.2) is 6.21 Å². The molecule has 174 valence electrons. The van der Waals surface area contributed by atoms with Crippen LogP contribution in [0, 0.1) is 6.21 Å². The highest BCUT2D eigenvalue weighted by Gasteiger charge is 2.51. The third-order valence-corrected chi connectivity index (χ3v) is 6.14. The van der Waals surface area contributed by atoms with Crippen molar-refractivity contribution in [3.8, 4) is 0 Å². The van der Waals surface area contributed by atoms with Crippen molar-refractivity contribution in [3.05, 3.63) is 83.4 Å². The Balaban J connectivity index is 1.55. The van der Waals surface area contributed by atoms with E-state index >= 15 is 0 Å². The Morgan fingerprint density at radius 2 is 1.88 bits per heavy atom. The zero-order valence-electron chi connectivity index (χ0n) is 19.9. The minimum absolute atomic E-state index is 0.206. The van der Waals surface area contributed by atoms with E-state index in [2.05, 4.69) is 28.6 Å². The molecule has 1 aliphatic heterocycles. The van der Waals surface area contributed by atoms with Crippen LogP contribution in [0.1, 0.15) is 63.5 Å². The van der Waals surface area contributed by atoms with Crippen molar-refractivity contribution >= 4 is 17.4 Å². The highest BCUT2D eigenvalue weighted by atomic mass is 16.6. The highest BCUT2D eigenvalue weighted by molar-refractivity contribution is 5.72. The summed E-state index contributed by atoms with van der Waals surface area (Å²) < 4.78 is 7.53. The maximum atomic E-state index is 12.6. The van der Waals surface area contributed by atoms with Gasteiger partial charge in [-0.3, -0.25) is 9.78 Å². The van der Waals surface area contributed by atoms with Gasteiger partial charge < -0.3 is 10.1 Å². The summed E-state index contributed by atoms with van der Waals surface area (Å²) in [7, 11) is 0. The Kier molecular flexibility index (Phi) is 5.63. The molecule has 0 radical (unpaired) electrons. The van der Waals surface area contributed by atoms with Gasteiger partial charge in [0.2, 0.25) is 11.6 Å². The first kappa shape index (κ1) is 22.2. The Morgan fingerprint density at radius 3 is 2.56 bits per heavy atom. The molecule has 0 atom stereocenters. The topological polar surface area (TPSA) is 82.9 Å². The van der Waals surface area contributed by atoms with Crippen LogP contribution in [0.3, 0.4) is 0 Å². The summed E-state index contributed by atoms with van der Waals surface area (Å²) in [6.45, 7) is 6.22. The maximum Gasteiger partial charge on any atom is 0.307 e. The smallest absolute Gasteiger partial charge is 0.307 e. The van der Waals surface area contributed by atoms with E-state index in [-0.39, 0.29) is 11.4 Å². The average Bonchev–Trinajstić information content (AvgIpc) is 3.46.